The topological polar surface area (TPSA) is 143 Å². The summed E-state index contributed by atoms with van der Waals surface area (Å²) in [5.74, 6) is -0.858. The van der Waals surface area contributed by atoms with E-state index in [1.165, 1.54) is 12.1 Å². The van der Waals surface area contributed by atoms with Gasteiger partial charge in [0.25, 0.3) is 0 Å². The van der Waals surface area contributed by atoms with Gasteiger partial charge in [-0.05, 0) is 66.4 Å². The maximum Gasteiger partial charge on any atom is 0.326 e. The predicted octanol–water partition coefficient (Wildman–Crippen LogP) is 4.69. The highest BCUT2D eigenvalue weighted by molar-refractivity contribution is 7.93. The lowest BCUT2D eigenvalue weighted by molar-refractivity contribution is -0.142. The first-order valence-electron chi connectivity index (χ1n) is 15.4. The molecule has 1 heterocycles. The summed E-state index contributed by atoms with van der Waals surface area (Å²) in [5, 5.41) is 19.0. The molecule has 1 unspecified atom stereocenters. The van der Waals surface area contributed by atoms with Crippen molar-refractivity contribution in [1.29, 1.82) is 0 Å². The smallest absolute Gasteiger partial charge is 0.326 e. The van der Waals surface area contributed by atoms with E-state index in [2.05, 4.69) is 16.0 Å². The van der Waals surface area contributed by atoms with Crippen LogP contribution in [0.1, 0.15) is 24.0 Å². The molecular formula is C36H39N3O7S. The van der Waals surface area contributed by atoms with Crippen LogP contribution in [0.5, 0.6) is 11.5 Å². The van der Waals surface area contributed by atoms with Crippen molar-refractivity contribution < 1.29 is 32.6 Å². The first-order valence-corrected chi connectivity index (χ1v) is 16.8. The van der Waals surface area contributed by atoms with Crippen molar-refractivity contribution in [3.63, 3.8) is 0 Å². The minimum atomic E-state index is -4.25. The fraction of sp³-hybridized carbons (Fsp3) is 0.278. The van der Waals surface area contributed by atoms with Crippen LogP contribution in [-0.2, 0) is 32.4 Å². The largest absolute Gasteiger partial charge is 0.496 e. The van der Waals surface area contributed by atoms with Crippen molar-refractivity contribution in [2.75, 3.05) is 32.6 Å². The van der Waals surface area contributed by atoms with Crippen LogP contribution in [0, 0.1) is 0 Å². The molecular weight excluding hydrogens is 618 g/mol. The molecule has 1 fully saturated rings. The Morgan fingerprint density at radius 2 is 1.57 bits per heavy atom. The van der Waals surface area contributed by atoms with Crippen LogP contribution in [0.4, 0.5) is 5.69 Å². The van der Waals surface area contributed by atoms with Gasteiger partial charge in [-0.2, -0.15) is 0 Å². The van der Waals surface area contributed by atoms with Gasteiger partial charge in [0.2, 0.25) is 5.91 Å². The molecule has 0 saturated carbocycles. The zero-order valence-electron chi connectivity index (χ0n) is 26.4. The van der Waals surface area contributed by atoms with Crippen LogP contribution < -0.4 is 25.4 Å². The Kier molecular flexibility index (Phi) is 10.5. The molecule has 0 bridgehead atoms. The molecule has 10 nitrogen and oxygen atoms in total. The van der Waals surface area contributed by atoms with Gasteiger partial charge >= 0.3 is 5.97 Å². The van der Waals surface area contributed by atoms with E-state index in [0.29, 0.717) is 42.3 Å². The molecule has 1 aliphatic heterocycles. The molecule has 47 heavy (non-hydrogen) atoms. The summed E-state index contributed by atoms with van der Waals surface area (Å²) in [6.45, 7) is 0.908. The highest BCUT2D eigenvalue weighted by atomic mass is 32.2. The molecule has 0 radical (unpaired) electrons. The van der Waals surface area contributed by atoms with Gasteiger partial charge < -0.3 is 30.5 Å². The number of rotatable bonds is 13. The van der Waals surface area contributed by atoms with E-state index in [9.17, 15) is 23.1 Å². The Labute approximate surface area is 275 Å². The zero-order valence-corrected chi connectivity index (χ0v) is 27.2. The van der Waals surface area contributed by atoms with Crippen molar-refractivity contribution in [3.05, 3.63) is 108 Å². The lowest BCUT2D eigenvalue weighted by Gasteiger charge is -2.36. The van der Waals surface area contributed by atoms with Gasteiger partial charge in [-0.3, -0.25) is 4.79 Å². The molecule has 4 aromatic rings. The summed E-state index contributed by atoms with van der Waals surface area (Å²) in [6, 6.07) is 27.4. The lowest BCUT2D eigenvalue weighted by Crippen LogP contribution is -2.62. The summed E-state index contributed by atoms with van der Waals surface area (Å²) in [6.07, 6.45) is 0.439. The van der Waals surface area contributed by atoms with E-state index in [1.807, 2.05) is 60.7 Å². The molecule has 4 aromatic carbocycles. The number of sulfone groups is 1. The maximum atomic E-state index is 14.3. The van der Waals surface area contributed by atoms with Crippen molar-refractivity contribution in [3.8, 4) is 22.6 Å². The number of hydrogen-bond acceptors (Lipinski definition) is 8. The molecule has 0 spiro atoms. The normalized spacial score (nSPS) is 16.9. The monoisotopic (exact) mass is 657 g/mol. The molecule has 5 rings (SSSR count). The maximum absolute atomic E-state index is 14.3. The third-order valence-electron chi connectivity index (χ3n) is 8.47. The zero-order chi connectivity index (χ0) is 33.4. The van der Waals surface area contributed by atoms with Crippen LogP contribution in [0.2, 0.25) is 0 Å². The van der Waals surface area contributed by atoms with E-state index in [0.717, 1.165) is 16.7 Å². The summed E-state index contributed by atoms with van der Waals surface area (Å²) in [4.78, 5) is 26.4. The van der Waals surface area contributed by atoms with Gasteiger partial charge in [0.05, 0.1) is 24.7 Å². The number of carboxylic acids is 1. The SMILES string of the molecule is COc1cccc(OC)c1-c1ccc(C[C@H](NC(=O)C2(S(=O)(=O)c3cccc(NCc4ccccc4)c3)CCCNC2)C(=O)O)cc1. The van der Waals surface area contributed by atoms with E-state index in [-0.39, 0.29) is 24.3 Å². The molecule has 246 valence electrons. The number of carboxylic acid groups (broad SMARTS) is 1. The van der Waals surface area contributed by atoms with Gasteiger partial charge in [-0.1, -0.05) is 66.7 Å². The van der Waals surface area contributed by atoms with Crippen LogP contribution in [0.25, 0.3) is 11.1 Å². The average molecular weight is 658 g/mol. The fourth-order valence-corrected chi connectivity index (χ4v) is 7.89. The second-order valence-corrected chi connectivity index (χ2v) is 13.7. The summed E-state index contributed by atoms with van der Waals surface area (Å²) >= 11 is 0. The third kappa shape index (κ3) is 7.26. The molecule has 4 N–H and O–H groups in total. The highest BCUT2D eigenvalue weighted by Crippen LogP contribution is 2.38. The summed E-state index contributed by atoms with van der Waals surface area (Å²) in [5.41, 5.74) is 3.82. The van der Waals surface area contributed by atoms with Gasteiger partial charge in [-0.15, -0.1) is 0 Å². The number of methoxy groups -OCH3 is 2. The van der Waals surface area contributed by atoms with E-state index < -0.39 is 32.5 Å². The summed E-state index contributed by atoms with van der Waals surface area (Å²) in [7, 11) is -1.11. The molecule has 0 aromatic heterocycles. The third-order valence-corrected chi connectivity index (χ3v) is 10.9. The van der Waals surface area contributed by atoms with E-state index in [1.54, 1.807) is 38.5 Å². The average Bonchev–Trinajstić information content (AvgIpc) is 3.11. The number of ether oxygens (including phenoxy) is 2. The Morgan fingerprint density at radius 1 is 0.894 bits per heavy atom. The van der Waals surface area contributed by atoms with Crippen LogP contribution >= 0.6 is 0 Å². The Bertz CT molecular complexity index is 1780. The van der Waals surface area contributed by atoms with Crippen molar-refractivity contribution in [2.45, 2.75) is 41.5 Å². The first-order chi connectivity index (χ1) is 22.7. The number of nitrogens with one attached hydrogen (secondary N) is 3. The number of benzene rings is 4. The standard InChI is InChI=1S/C36H39N3O7S/c1-45-31-13-7-14-32(46-2)33(31)27-17-15-25(16-18-27)21-30(34(40)41)39-35(42)36(19-8-20-37-24-36)47(43,44)29-12-6-11-28(22-29)38-23-26-9-4-3-5-10-26/h3-7,9-18,22,30,37-38H,8,19-21,23-24H2,1-2H3,(H,39,42)(H,40,41)/t30-,36?/m0/s1. The quantitative estimate of drug-likeness (QED) is 0.161. The number of anilines is 1. The van der Waals surface area contributed by atoms with Crippen molar-refractivity contribution in [1.82, 2.24) is 10.6 Å². The molecule has 2 atom stereocenters. The Balaban J connectivity index is 1.37. The van der Waals surface area contributed by atoms with Crippen molar-refractivity contribution in [2.24, 2.45) is 0 Å². The van der Waals surface area contributed by atoms with Crippen molar-refractivity contribution >= 4 is 27.4 Å². The number of carbonyl (C=O) groups is 2. The fourth-order valence-electron chi connectivity index (χ4n) is 5.89. The minimum absolute atomic E-state index is 0.0105. The second kappa shape index (κ2) is 14.7. The van der Waals surface area contributed by atoms with Gasteiger partial charge in [-0.25, -0.2) is 13.2 Å². The van der Waals surface area contributed by atoms with E-state index >= 15 is 0 Å². The van der Waals surface area contributed by atoms with Gasteiger partial charge in [0, 0.05) is 25.2 Å². The number of piperidine rings is 1. The van der Waals surface area contributed by atoms with Crippen LogP contribution in [0.15, 0.2) is 102 Å². The number of amides is 1. The van der Waals surface area contributed by atoms with Gasteiger partial charge in [0.15, 0.2) is 14.6 Å². The molecule has 1 amide bonds. The number of hydrogen-bond donors (Lipinski definition) is 4. The minimum Gasteiger partial charge on any atom is -0.496 e. The second-order valence-electron chi connectivity index (χ2n) is 11.4. The highest BCUT2D eigenvalue weighted by Gasteiger charge is 2.52. The predicted molar refractivity (Wildman–Crippen MR) is 180 cm³/mol. The lowest BCUT2D eigenvalue weighted by atomic mass is 9.96. The Hall–Kier alpha value is -4.87. The van der Waals surface area contributed by atoms with Gasteiger partial charge in [0.1, 0.15) is 17.5 Å². The summed E-state index contributed by atoms with van der Waals surface area (Å²) < 4.78 is 37.7. The molecule has 1 saturated heterocycles. The molecule has 11 heteroatoms. The van der Waals surface area contributed by atoms with E-state index in [4.69, 9.17) is 9.47 Å². The Morgan fingerprint density at radius 3 is 2.19 bits per heavy atom. The van der Waals surface area contributed by atoms with Crippen LogP contribution in [-0.4, -0.2) is 63.5 Å². The number of carbonyl (C=O) groups excluding carboxylic acids is 1. The number of aliphatic carboxylic acids is 1. The first kappa shape index (κ1) is 33.5. The van der Waals surface area contributed by atoms with Crippen LogP contribution in [0.3, 0.4) is 0 Å². The molecule has 0 aliphatic carbocycles. The molecule has 1 aliphatic rings.